The number of benzene rings is 3. The summed E-state index contributed by atoms with van der Waals surface area (Å²) in [6.07, 6.45) is 1.94. The summed E-state index contributed by atoms with van der Waals surface area (Å²) in [6, 6.07) is 19.4. The first-order chi connectivity index (χ1) is 16.4. The number of ether oxygens (including phenoxy) is 2. The standard InChI is InChI=1S/C25H21NO6S2/c1-33-18-10-8-17(9-11-18)22-24(34(29,30)19-5-3-2-4-6-19)23(27)25(28)26(22)14-16-7-12-20-21(13-16)32-15-31-20/h2-13,22,27H,14-15H2,1H3/t22-/m1/s1. The quantitative estimate of drug-likeness (QED) is 0.505. The van der Waals surface area contributed by atoms with Crippen LogP contribution >= 0.6 is 11.8 Å². The Morgan fingerprint density at radius 1 is 1.00 bits per heavy atom. The second-order valence-electron chi connectivity index (χ2n) is 7.83. The van der Waals surface area contributed by atoms with E-state index in [-0.39, 0.29) is 23.1 Å². The van der Waals surface area contributed by atoms with Crippen molar-refractivity contribution in [2.75, 3.05) is 13.0 Å². The van der Waals surface area contributed by atoms with Crippen molar-refractivity contribution in [3.8, 4) is 11.5 Å². The molecule has 2 aliphatic heterocycles. The van der Waals surface area contributed by atoms with Crippen molar-refractivity contribution < 1.29 is 27.8 Å². The van der Waals surface area contributed by atoms with Crippen LogP contribution in [0.25, 0.3) is 0 Å². The van der Waals surface area contributed by atoms with Crippen molar-refractivity contribution >= 4 is 27.5 Å². The van der Waals surface area contributed by atoms with Gasteiger partial charge in [-0.05, 0) is 53.8 Å². The summed E-state index contributed by atoms with van der Waals surface area (Å²) in [5.74, 6) is -0.344. The lowest BCUT2D eigenvalue weighted by molar-refractivity contribution is -0.130. The zero-order valence-electron chi connectivity index (χ0n) is 18.2. The molecule has 5 rings (SSSR count). The van der Waals surface area contributed by atoms with Crippen LogP contribution in [0.2, 0.25) is 0 Å². The highest BCUT2D eigenvalue weighted by atomic mass is 32.2. The molecule has 1 N–H and O–H groups in total. The number of hydrogen-bond acceptors (Lipinski definition) is 7. The number of fused-ring (bicyclic) bond motifs is 1. The van der Waals surface area contributed by atoms with Crippen LogP contribution in [0.1, 0.15) is 17.2 Å². The minimum Gasteiger partial charge on any atom is -0.502 e. The minimum absolute atomic E-state index is 0.0139. The fourth-order valence-corrected chi connectivity index (χ4v) is 6.22. The zero-order chi connectivity index (χ0) is 23.9. The Hall–Kier alpha value is -3.43. The zero-order valence-corrected chi connectivity index (χ0v) is 19.8. The van der Waals surface area contributed by atoms with Gasteiger partial charge in [-0.1, -0.05) is 36.4 Å². The second-order valence-corrected chi connectivity index (χ2v) is 10.6. The van der Waals surface area contributed by atoms with E-state index in [2.05, 4.69) is 0 Å². The lowest BCUT2D eigenvalue weighted by Crippen LogP contribution is -2.30. The van der Waals surface area contributed by atoms with Crippen LogP contribution in [0.15, 0.2) is 93.3 Å². The maximum atomic E-state index is 13.6. The Morgan fingerprint density at radius 2 is 1.71 bits per heavy atom. The Morgan fingerprint density at radius 3 is 2.41 bits per heavy atom. The Bertz CT molecular complexity index is 1380. The predicted octanol–water partition coefficient (Wildman–Crippen LogP) is 4.46. The summed E-state index contributed by atoms with van der Waals surface area (Å²) in [5, 5.41) is 10.9. The van der Waals surface area contributed by atoms with Crippen molar-refractivity contribution in [2.45, 2.75) is 22.4 Å². The van der Waals surface area contributed by atoms with Gasteiger partial charge < -0.3 is 19.5 Å². The van der Waals surface area contributed by atoms with Gasteiger partial charge in [0.25, 0.3) is 5.91 Å². The van der Waals surface area contributed by atoms with Crippen molar-refractivity contribution in [1.29, 1.82) is 0 Å². The topological polar surface area (TPSA) is 93.1 Å². The highest BCUT2D eigenvalue weighted by Gasteiger charge is 2.46. The lowest BCUT2D eigenvalue weighted by Gasteiger charge is -2.27. The van der Waals surface area contributed by atoms with Crippen LogP contribution in [0.5, 0.6) is 11.5 Å². The Kier molecular flexibility index (Phi) is 5.75. The average Bonchev–Trinajstić information content (AvgIpc) is 3.43. The van der Waals surface area contributed by atoms with Gasteiger partial charge in [-0.2, -0.15) is 0 Å². The van der Waals surface area contributed by atoms with E-state index in [4.69, 9.17) is 9.47 Å². The van der Waals surface area contributed by atoms with Gasteiger partial charge in [-0.15, -0.1) is 11.8 Å². The van der Waals surface area contributed by atoms with Crippen LogP contribution in [-0.2, 0) is 21.2 Å². The molecule has 0 radical (unpaired) electrons. The maximum Gasteiger partial charge on any atom is 0.290 e. The number of aliphatic hydroxyl groups is 1. The fraction of sp³-hybridized carbons (Fsp3) is 0.160. The molecule has 3 aromatic rings. The summed E-state index contributed by atoms with van der Waals surface area (Å²) in [6.45, 7) is 0.190. The molecule has 0 saturated carbocycles. The van der Waals surface area contributed by atoms with Crippen molar-refractivity contribution in [1.82, 2.24) is 4.90 Å². The largest absolute Gasteiger partial charge is 0.502 e. The number of nitrogens with zero attached hydrogens (tertiary/aromatic N) is 1. The number of rotatable bonds is 6. The Balaban J connectivity index is 1.60. The van der Waals surface area contributed by atoms with Crippen LogP contribution in [-0.4, -0.2) is 37.4 Å². The summed E-state index contributed by atoms with van der Waals surface area (Å²) in [4.78, 5) is 15.3. The summed E-state index contributed by atoms with van der Waals surface area (Å²) in [5.41, 5.74) is 1.31. The predicted molar refractivity (Wildman–Crippen MR) is 127 cm³/mol. The summed E-state index contributed by atoms with van der Waals surface area (Å²) < 4.78 is 38.0. The van der Waals surface area contributed by atoms with Gasteiger partial charge in [0.2, 0.25) is 16.6 Å². The molecule has 1 atom stereocenters. The molecule has 0 fully saturated rings. The van der Waals surface area contributed by atoms with Gasteiger partial charge >= 0.3 is 0 Å². The van der Waals surface area contributed by atoms with Crippen LogP contribution in [0.4, 0.5) is 0 Å². The molecule has 2 heterocycles. The van der Waals surface area contributed by atoms with Crippen molar-refractivity contribution in [3.63, 3.8) is 0 Å². The van der Waals surface area contributed by atoms with Crippen LogP contribution < -0.4 is 9.47 Å². The first kappa shape index (κ1) is 22.4. The SMILES string of the molecule is CSc1ccc([C@@H]2C(S(=O)(=O)c3ccccc3)=C(O)C(=O)N2Cc2ccc3c(c2)OCO3)cc1. The van der Waals surface area contributed by atoms with Gasteiger partial charge in [0, 0.05) is 11.4 Å². The first-order valence-electron chi connectivity index (χ1n) is 10.5. The van der Waals surface area contributed by atoms with E-state index < -0.39 is 27.5 Å². The van der Waals surface area contributed by atoms with E-state index in [1.807, 2.05) is 18.4 Å². The third kappa shape index (κ3) is 3.80. The number of amides is 1. The summed E-state index contributed by atoms with van der Waals surface area (Å²) in [7, 11) is -4.15. The maximum absolute atomic E-state index is 13.6. The van der Waals surface area contributed by atoms with E-state index in [9.17, 15) is 18.3 Å². The van der Waals surface area contributed by atoms with E-state index in [1.165, 1.54) is 17.0 Å². The van der Waals surface area contributed by atoms with E-state index in [0.717, 1.165) is 10.5 Å². The lowest BCUT2D eigenvalue weighted by atomic mass is 10.1. The molecular formula is C25H21NO6S2. The normalized spacial score (nSPS) is 17.5. The molecule has 0 aliphatic carbocycles. The molecule has 34 heavy (non-hydrogen) atoms. The molecule has 3 aromatic carbocycles. The number of sulfone groups is 1. The second kappa shape index (κ2) is 8.73. The summed E-state index contributed by atoms with van der Waals surface area (Å²) >= 11 is 1.55. The van der Waals surface area contributed by atoms with Gasteiger partial charge in [-0.25, -0.2) is 8.42 Å². The molecule has 2 aliphatic rings. The molecule has 0 aromatic heterocycles. The van der Waals surface area contributed by atoms with Gasteiger partial charge in [0.05, 0.1) is 10.9 Å². The molecule has 0 unspecified atom stereocenters. The number of aliphatic hydroxyl groups excluding tert-OH is 1. The average molecular weight is 496 g/mol. The van der Waals surface area contributed by atoms with Crippen LogP contribution in [0, 0.1) is 0 Å². The molecular weight excluding hydrogens is 474 g/mol. The minimum atomic E-state index is -4.15. The first-order valence-corrected chi connectivity index (χ1v) is 13.2. The molecule has 0 bridgehead atoms. The number of carbonyl (C=O) groups excluding carboxylic acids is 1. The Labute approximate surface area is 201 Å². The molecule has 1 amide bonds. The third-order valence-corrected chi connectivity index (χ3v) is 8.45. The molecule has 9 heteroatoms. The monoisotopic (exact) mass is 495 g/mol. The van der Waals surface area contributed by atoms with Crippen molar-refractivity contribution in [2.24, 2.45) is 0 Å². The molecule has 0 spiro atoms. The van der Waals surface area contributed by atoms with E-state index in [1.54, 1.807) is 60.3 Å². The smallest absolute Gasteiger partial charge is 0.290 e. The third-order valence-electron chi connectivity index (χ3n) is 5.82. The van der Waals surface area contributed by atoms with E-state index >= 15 is 0 Å². The highest BCUT2D eigenvalue weighted by molar-refractivity contribution is 7.98. The van der Waals surface area contributed by atoms with Crippen LogP contribution in [0.3, 0.4) is 0 Å². The molecule has 0 saturated heterocycles. The fourth-order valence-electron chi connectivity index (χ4n) is 4.15. The highest BCUT2D eigenvalue weighted by Crippen LogP contribution is 2.44. The molecule has 174 valence electrons. The number of thioether (sulfide) groups is 1. The van der Waals surface area contributed by atoms with Gasteiger partial charge in [0.1, 0.15) is 4.91 Å². The van der Waals surface area contributed by atoms with E-state index in [0.29, 0.717) is 17.1 Å². The van der Waals surface area contributed by atoms with Gasteiger partial charge in [0.15, 0.2) is 17.3 Å². The number of hydrogen-bond donors (Lipinski definition) is 1. The van der Waals surface area contributed by atoms with Crippen molar-refractivity contribution in [3.05, 3.63) is 94.6 Å². The van der Waals surface area contributed by atoms with Gasteiger partial charge in [-0.3, -0.25) is 4.79 Å². The number of carbonyl (C=O) groups is 1. The molecule has 7 nitrogen and oxygen atoms in total.